The number of ether oxygens (including phenoxy) is 2. The molecule has 0 aliphatic carbocycles. The highest BCUT2D eigenvalue weighted by Crippen LogP contribution is 2.36. The van der Waals surface area contributed by atoms with Gasteiger partial charge in [-0.25, -0.2) is 4.57 Å². The van der Waals surface area contributed by atoms with Gasteiger partial charge in [0.15, 0.2) is 6.10 Å². The molecule has 0 aliphatic heterocycles. The van der Waals surface area contributed by atoms with Gasteiger partial charge in [-0.15, -0.1) is 0 Å². The molecular formula is C40H71O8P. The van der Waals surface area contributed by atoms with Crippen LogP contribution in [0.1, 0.15) is 174 Å². The van der Waals surface area contributed by atoms with Crippen molar-refractivity contribution >= 4 is 19.8 Å². The molecule has 284 valence electrons. The number of esters is 2. The molecule has 0 heterocycles. The van der Waals surface area contributed by atoms with Crippen LogP contribution in [0.3, 0.4) is 0 Å². The third kappa shape index (κ3) is 38.7. The van der Waals surface area contributed by atoms with Gasteiger partial charge in [0.25, 0.3) is 0 Å². The molecule has 0 aromatic rings. The zero-order valence-electron chi connectivity index (χ0n) is 31.1. The Morgan fingerprint density at radius 2 is 0.918 bits per heavy atom. The van der Waals surface area contributed by atoms with Crippen LogP contribution in [0, 0.1) is 0 Å². The first-order chi connectivity index (χ1) is 23.8. The SMILES string of the molecule is CCCCC/C=C\C/C=C\C/C=C\CCCCCCC(=O)O[C@H](COC(=O)CCCCCCC/C=C\CCCCCCC)COP(=O)(O)O. The number of unbranched alkanes of at least 4 members (excludes halogenated alkanes) is 17. The summed E-state index contributed by atoms with van der Waals surface area (Å²) >= 11 is 0. The Bertz CT molecular complexity index is 937. The Balaban J connectivity index is 4.03. The summed E-state index contributed by atoms with van der Waals surface area (Å²) in [5.41, 5.74) is 0. The van der Waals surface area contributed by atoms with Gasteiger partial charge in [-0.3, -0.25) is 14.1 Å². The van der Waals surface area contributed by atoms with E-state index in [-0.39, 0.29) is 19.4 Å². The monoisotopic (exact) mass is 710 g/mol. The molecule has 0 rings (SSSR count). The number of phosphoric ester groups is 1. The van der Waals surface area contributed by atoms with Crippen molar-refractivity contribution in [3.8, 4) is 0 Å². The van der Waals surface area contributed by atoms with E-state index in [1.807, 2.05) is 0 Å². The quantitative estimate of drug-likeness (QED) is 0.0289. The lowest BCUT2D eigenvalue weighted by molar-refractivity contribution is -0.161. The van der Waals surface area contributed by atoms with Gasteiger partial charge in [0, 0.05) is 12.8 Å². The van der Waals surface area contributed by atoms with E-state index in [1.165, 1.54) is 64.2 Å². The van der Waals surface area contributed by atoms with E-state index >= 15 is 0 Å². The Morgan fingerprint density at radius 1 is 0.531 bits per heavy atom. The molecule has 0 spiro atoms. The smallest absolute Gasteiger partial charge is 0.462 e. The highest BCUT2D eigenvalue weighted by Gasteiger charge is 2.22. The molecule has 0 saturated heterocycles. The van der Waals surface area contributed by atoms with E-state index in [0.29, 0.717) is 12.8 Å². The number of carbonyl (C=O) groups is 2. The van der Waals surface area contributed by atoms with Crippen molar-refractivity contribution in [3.05, 3.63) is 48.6 Å². The van der Waals surface area contributed by atoms with E-state index in [0.717, 1.165) is 70.6 Å². The van der Waals surface area contributed by atoms with Gasteiger partial charge in [0.2, 0.25) is 0 Å². The fourth-order valence-electron chi connectivity index (χ4n) is 5.14. The molecule has 0 amide bonds. The van der Waals surface area contributed by atoms with Crippen molar-refractivity contribution in [3.63, 3.8) is 0 Å². The van der Waals surface area contributed by atoms with Crippen molar-refractivity contribution in [2.45, 2.75) is 180 Å². The van der Waals surface area contributed by atoms with Crippen molar-refractivity contribution < 1.29 is 37.9 Å². The van der Waals surface area contributed by atoms with Crippen LogP contribution in [0.2, 0.25) is 0 Å². The average molecular weight is 711 g/mol. The molecule has 0 bridgehead atoms. The molecule has 0 aromatic heterocycles. The van der Waals surface area contributed by atoms with Gasteiger partial charge in [-0.05, 0) is 77.0 Å². The van der Waals surface area contributed by atoms with Crippen LogP contribution in [0.25, 0.3) is 0 Å². The van der Waals surface area contributed by atoms with E-state index in [4.69, 9.17) is 19.3 Å². The second kappa shape index (κ2) is 35.8. The third-order valence-electron chi connectivity index (χ3n) is 8.07. The number of rotatable bonds is 35. The maximum Gasteiger partial charge on any atom is 0.469 e. The van der Waals surface area contributed by atoms with Crippen LogP contribution >= 0.6 is 7.82 Å². The summed E-state index contributed by atoms with van der Waals surface area (Å²) in [7, 11) is -4.76. The molecule has 0 radical (unpaired) electrons. The van der Waals surface area contributed by atoms with Crippen LogP contribution in [0.5, 0.6) is 0 Å². The van der Waals surface area contributed by atoms with Crippen molar-refractivity contribution in [2.24, 2.45) is 0 Å². The van der Waals surface area contributed by atoms with Gasteiger partial charge in [-0.2, -0.15) is 0 Å². The summed E-state index contributed by atoms with van der Waals surface area (Å²) in [6, 6.07) is 0. The van der Waals surface area contributed by atoms with Gasteiger partial charge in [0.1, 0.15) is 6.61 Å². The zero-order valence-corrected chi connectivity index (χ0v) is 32.0. The predicted molar refractivity (Wildman–Crippen MR) is 202 cm³/mol. The molecule has 0 aliphatic rings. The minimum atomic E-state index is -4.76. The fraction of sp³-hybridized carbons (Fsp3) is 0.750. The minimum absolute atomic E-state index is 0.183. The Hall–Kier alpha value is -1.99. The largest absolute Gasteiger partial charge is 0.469 e. The highest BCUT2D eigenvalue weighted by atomic mass is 31.2. The molecule has 49 heavy (non-hydrogen) atoms. The first-order valence-electron chi connectivity index (χ1n) is 19.4. The highest BCUT2D eigenvalue weighted by molar-refractivity contribution is 7.46. The first kappa shape index (κ1) is 47.0. The fourth-order valence-corrected chi connectivity index (χ4v) is 5.50. The van der Waals surface area contributed by atoms with Gasteiger partial charge in [0.05, 0.1) is 6.61 Å². The Morgan fingerprint density at radius 3 is 1.43 bits per heavy atom. The van der Waals surface area contributed by atoms with E-state index in [1.54, 1.807) is 0 Å². The average Bonchev–Trinajstić information content (AvgIpc) is 3.07. The van der Waals surface area contributed by atoms with E-state index in [2.05, 4.69) is 67.0 Å². The maximum absolute atomic E-state index is 12.4. The van der Waals surface area contributed by atoms with Gasteiger partial charge < -0.3 is 19.3 Å². The Kier molecular flexibility index (Phi) is 34.4. The van der Waals surface area contributed by atoms with Crippen molar-refractivity contribution in [2.75, 3.05) is 13.2 Å². The van der Waals surface area contributed by atoms with Crippen LogP contribution in [-0.4, -0.2) is 41.0 Å². The molecule has 0 saturated carbocycles. The van der Waals surface area contributed by atoms with Gasteiger partial charge in [-0.1, -0.05) is 133 Å². The molecule has 1 atom stereocenters. The molecule has 8 nitrogen and oxygen atoms in total. The molecule has 0 aromatic carbocycles. The Labute approximate surface area is 299 Å². The second-order valence-corrected chi connectivity index (χ2v) is 14.1. The summed E-state index contributed by atoms with van der Waals surface area (Å²) in [4.78, 5) is 42.7. The number of hydrogen-bond donors (Lipinski definition) is 2. The number of allylic oxidation sites excluding steroid dienone is 8. The predicted octanol–water partition coefficient (Wildman–Crippen LogP) is 11.6. The number of phosphoric acid groups is 1. The van der Waals surface area contributed by atoms with Crippen LogP contribution in [0.15, 0.2) is 48.6 Å². The van der Waals surface area contributed by atoms with Crippen LogP contribution in [-0.2, 0) is 28.2 Å². The lowest BCUT2D eigenvalue weighted by Gasteiger charge is -2.18. The molecule has 2 N–H and O–H groups in total. The maximum atomic E-state index is 12.4. The standard InChI is InChI=1S/C40H71O8P/c1-3-5-7-9-11-13-15-17-19-20-21-23-25-27-29-31-33-35-40(42)48-38(37-47-49(43,44)45)36-46-39(41)34-32-30-28-26-24-22-18-16-14-12-10-8-6-4-2/h11,13,16-19,21,23,38H,3-10,12,14-15,20,22,24-37H2,1-2H3,(H2,43,44,45)/b13-11-,18-16-,19-17-,23-21-/t38-/m1/s1. The zero-order chi connectivity index (χ0) is 36.1. The molecule has 0 fully saturated rings. The summed E-state index contributed by atoms with van der Waals surface area (Å²) in [5.74, 6) is -0.922. The second-order valence-electron chi connectivity index (χ2n) is 12.9. The van der Waals surface area contributed by atoms with Crippen molar-refractivity contribution in [1.82, 2.24) is 0 Å². The van der Waals surface area contributed by atoms with E-state index in [9.17, 15) is 14.2 Å². The first-order valence-corrected chi connectivity index (χ1v) is 21.0. The van der Waals surface area contributed by atoms with Crippen molar-refractivity contribution in [1.29, 1.82) is 0 Å². The summed E-state index contributed by atoms with van der Waals surface area (Å²) in [5, 5.41) is 0. The van der Waals surface area contributed by atoms with Crippen LogP contribution in [0.4, 0.5) is 0 Å². The number of hydrogen-bond acceptors (Lipinski definition) is 6. The number of carbonyl (C=O) groups excluding carboxylic acids is 2. The van der Waals surface area contributed by atoms with Crippen LogP contribution < -0.4 is 0 Å². The lowest BCUT2D eigenvalue weighted by atomic mass is 10.1. The third-order valence-corrected chi connectivity index (χ3v) is 8.56. The topological polar surface area (TPSA) is 119 Å². The minimum Gasteiger partial charge on any atom is -0.462 e. The molecular weight excluding hydrogens is 639 g/mol. The summed E-state index contributed by atoms with van der Waals surface area (Å²) < 4.78 is 26.3. The summed E-state index contributed by atoms with van der Waals surface area (Å²) in [6.07, 6.45) is 42.5. The molecule has 0 unspecified atom stereocenters. The normalized spacial score (nSPS) is 13.0. The summed E-state index contributed by atoms with van der Waals surface area (Å²) in [6.45, 7) is 3.61. The molecule has 9 heteroatoms. The van der Waals surface area contributed by atoms with E-state index < -0.39 is 32.5 Å². The van der Waals surface area contributed by atoms with Gasteiger partial charge >= 0.3 is 19.8 Å². The lowest BCUT2D eigenvalue weighted by Crippen LogP contribution is -2.29.